The molecule has 3 rings (SSSR count). The predicted molar refractivity (Wildman–Crippen MR) is 107 cm³/mol. The van der Waals surface area contributed by atoms with Gasteiger partial charge in [-0.25, -0.2) is 12.7 Å². The van der Waals surface area contributed by atoms with Crippen LogP contribution in [0.4, 0.5) is 0 Å². The van der Waals surface area contributed by atoms with E-state index in [1.54, 1.807) is 45.0 Å². The third-order valence-corrected chi connectivity index (χ3v) is 6.48. The first-order valence-corrected chi connectivity index (χ1v) is 10.3. The summed E-state index contributed by atoms with van der Waals surface area (Å²) in [5, 5.41) is 3.10. The highest BCUT2D eigenvalue weighted by molar-refractivity contribution is 7.99. The van der Waals surface area contributed by atoms with Crippen molar-refractivity contribution >= 4 is 20.8 Å². The van der Waals surface area contributed by atoms with E-state index in [9.17, 15) is 13.2 Å². The van der Waals surface area contributed by atoms with Crippen LogP contribution in [-0.4, -0.2) is 30.7 Å². The van der Waals surface area contributed by atoms with Gasteiger partial charge in [-0.15, -0.1) is 0 Å². The number of carbonyl (C=O) groups is 1. The zero-order valence-electron chi connectivity index (χ0n) is 15.8. The molecule has 0 bridgehead atoms. The van der Waals surface area contributed by atoms with Gasteiger partial charge in [-0.05, 0) is 38.3 Å². The Morgan fingerprint density at radius 3 is 2.04 bits per heavy atom. The lowest BCUT2D eigenvalue weighted by Gasteiger charge is -2.30. The van der Waals surface area contributed by atoms with E-state index in [2.05, 4.69) is 5.32 Å². The minimum Gasteiger partial charge on any atom is -0.379 e. The highest BCUT2D eigenvalue weighted by atomic mass is 32.2. The summed E-state index contributed by atoms with van der Waals surface area (Å²) in [6.07, 6.45) is 0.690. The van der Waals surface area contributed by atoms with E-state index in [0.29, 0.717) is 18.5 Å². The summed E-state index contributed by atoms with van der Waals surface area (Å²) in [6.45, 7) is 5.63. The second-order valence-electron chi connectivity index (χ2n) is 7.48. The second kappa shape index (κ2) is 7.19. The molecule has 142 valence electrons. The Bertz CT molecular complexity index is 959. The van der Waals surface area contributed by atoms with Crippen molar-refractivity contribution < 1.29 is 13.2 Å². The molecule has 2 aromatic carbocycles. The maximum atomic E-state index is 13.2. The summed E-state index contributed by atoms with van der Waals surface area (Å²) in [6, 6.07) is 18.6. The van der Waals surface area contributed by atoms with Gasteiger partial charge >= 0.3 is 0 Å². The fraction of sp³-hybridized carbons (Fsp3) is 0.286. The molecule has 0 fully saturated rings. The Kier molecular flexibility index (Phi) is 5.11. The van der Waals surface area contributed by atoms with Gasteiger partial charge in [0.15, 0.2) is 0 Å². The normalized spacial score (nSPS) is 16.7. The van der Waals surface area contributed by atoms with E-state index in [1.807, 2.05) is 36.4 Å². The number of hydrogen-bond donors (Lipinski definition) is 1. The molecule has 5 nitrogen and oxygen atoms in total. The van der Waals surface area contributed by atoms with Gasteiger partial charge in [-0.1, -0.05) is 60.7 Å². The Balaban J connectivity index is 1.98. The molecule has 0 saturated heterocycles. The van der Waals surface area contributed by atoms with Gasteiger partial charge in [-0.3, -0.25) is 4.79 Å². The number of benzene rings is 2. The van der Waals surface area contributed by atoms with Gasteiger partial charge in [0, 0.05) is 6.54 Å². The van der Waals surface area contributed by atoms with Gasteiger partial charge in [0.05, 0.1) is 5.54 Å². The molecule has 0 spiro atoms. The number of nitrogens with one attached hydrogen (secondary N) is 1. The second-order valence-corrected chi connectivity index (χ2v) is 9.20. The smallest absolute Gasteiger partial charge is 0.285 e. The molecule has 27 heavy (non-hydrogen) atoms. The molecular weight excluding hydrogens is 360 g/mol. The van der Waals surface area contributed by atoms with Crippen LogP contribution in [0.3, 0.4) is 0 Å². The molecule has 1 N–H and O–H groups in total. The largest absolute Gasteiger partial charge is 0.379 e. The summed E-state index contributed by atoms with van der Waals surface area (Å²) in [4.78, 5) is 13.1. The van der Waals surface area contributed by atoms with Crippen molar-refractivity contribution in [2.24, 2.45) is 0 Å². The fourth-order valence-electron chi connectivity index (χ4n) is 3.21. The molecule has 1 aliphatic rings. The summed E-state index contributed by atoms with van der Waals surface area (Å²) in [5.41, 5.74) is 0.929. The molecule has 2 aromatic rings. The fourth-order valence-corrected chi connectivity index (χ4v) is 5.27. The third kappa shape index (κ3) is 3.76. The molecule has 1 aliphatic heterocycles. The molecule has 1 amide bonds. The van der Waals surface area contributed by atoms with Crippen LogP contribution in [0.25, 0.3) is 4.91 Å². The van der Waals surface area contributed by atoms with E-state index >= 15 is 0 Å². The number of rotatable bonds is 5. The number of carbonyl (C=O) groups excluding carboxylic acids is 1. The quantitative estimate of drug-likeness (QED) is 0.860. The number of hydrogen-bond acceptors (Lipinski definition) is 4. The molecule has 6 heteroatoms. The molecule has 0 aromatic heterocycles. The average molecular weight is 385 g/mol. The van der Waals surface area contributed by atoms with E-state index in [4.69, 9.17) is 0 Å². The van der Waals surface area contributed by atoms with Gasteiger partial charge in [-0.2, -0.15) is 0 Å². The lowest BCUT2D eigenvalue weighted by atomic mass is 10.1. The highest BCUT2D eigenvalue weighted by Gasteiger charge is 2.49. The van der Waals surface area contributed by atoms with Crippen molar-refractivity contribution in [2.45, 2.75) is 32.7 Å². The first-order chi connectivity index (χ1) is 12.7. The molecule has 0 unspecified atom stereocenters. The van der Waals surface area contributed by atoms with Gasteiger partial charge in [0.2, 0.25) is 0 Å². The van der Waals surface area contributed by atoms with Crippen LogP contribution in [-0.2, 0) is 21.2 Å². The van der Waals surface area contributed by atoms with Crippen LogP contribution in [0, 0.1) is 0 Å². The number of sulfonamides is 1. The molecule has 0 aliphatic carbocycles. The molecule has 1 heterocycles. The van der Waals surface area contributed by atoms with E-state index < -0.39 is 21.5 Å². The van der Waals surface area contributed by atoms with Crippen molar-refractivity contribution in [1.29, 1.82) is 0 Å². The molecule has 0 radical (unpaired) electrons. The minimum absolute atomic E-state index is 0.0519. The molecule has 0 saturated carbocycles. The Labute approximate surface area is 160 Å². The van der Waals surface area contributed by atoms with Crippen LogP contribution in [0.1, 0.15) is 31.9 Å². The predicted octanol–water partition coefficient (Wildman–Crippen LogP) is 3.16. The summed E-state index contributed by atoms with van der Waals surface area (Å²) in [5.74, 6) is -0.505. The highest BCUT2D eigenvalue weighted by Crippen LogP contribution is 2.38. The van der Waals surface area contributed by atoms with Crippen molar-refractivity contribution in [3.05, 3.63) is 77.5 Å². The topological polar surface area (TPSA) is 66.5 Å². The van der Waals surface area contributed by atoms with Gasteiger partial charge in [0.25, 0.3) is 15.9 Å². The van der Waals surface area contributed by atoms with Crippen LogP contribution in [0.5, 0.6) is 0 Å². The van der Waals surface area contributed by atoms with Crippen LogP contribution in [0.15, 0.2) is 66.4 Å². The third-order valence-electron chi connectivity index (χ3n) is 4.33. The Morgan fingerprint density at radius 1 is 0.926 bits per heavy atom. The van der Waals surface area contributed by atoms with E-state index in [0.717, 1.165) is 9.87 Å². The van der Waals surface area contributed by atoms with Crippen LogP contribution < -0.4 is 5.32 Å². The summed E-state index contributed by atoms with van der Waals surface area (Å²) < 4.78 is 27.4. The van der Waals surface area contributed by atoms with Crippen molar-refractivity contribution in [3.63, 3.8) is 0 Å². The van der Waals surface area contributed by atoms with E-state index in [-0.39, 0.29) is 10.6 Å². The summed E-state index contributed by atoms with van der Waals surface area (Å²) in [7, 11) is -3.93. The lowest BCUT2D eigenvalue weighted by molar-refractivity contribution is -0.125. The average Bonchev–Trinajstić information content (AvgIpc) is 2.81. The zero-order chi connectivity index (χ0) is 19.7. The minimum atomic E-state index is -3.93. The monoisotopic (exact) mass is 384 g/mol. The molecule has 0 atom stereocenters. The van der Waals surface area contributed by atoms with Crippen molar-refractivity contribution in [1.82, 2.24) is 9.62 Å². The number of nitrogens with zero attached hydrogens (tertiary/aromatic N) is 1. The van der Waals surface area contributed by atoms with E-state index in [1.165, 1.54) is 0 Å². The van der Waals surface area contributed by atoms with Crippen LogP contribution >= 0.6 is 0 Å². The SMILES string of the molecule is CC(C)(C)N1C(=O)C(NCCc2ccccc2)=C(c2ccccc2)S1(=O)=O. The Hall–Kier alpha value is -2.60. The molecular formula is C21H24N2O3S. The Morgan fingerprint density at radius 2 is 1.48 bits per heavy atom. The maximum Gasteiger partial charge on any atom is 0.285 e. The summed E-state index contributed by atoms with van der Waals surface area (Å²) >= 11 is 0. The number of amides is 1. The lowest BCUT2D eigenvalue weighted by Crippen LogP contribution is -2.46. The van der Waals surface area contributed by atoms with Crippen molar-refractivity contribution in [2.75, 3.05) is 6.54 Å². The van der Waals surface area contributed by atoms with Gasteiger partial charge < -0.3 is 5.32 Å². The van der Waals surface area contributed by atoms with Crippen LogP contribution in [0.2, 0.25) is 0 Å². The van der Waals surface area contributed by atoms with Gasteiger partial charge in [0.1, 0.15) is 10.6 Å². The first-order valence-electron chi connectivity index (χ1n) is 8.90. The zero-order valence-corrected chi connectivity index (χ0v) is 16.6. The first kappa shape index (κ1) is 19.2. The standard InChI is InChI=1S/C21H24N2O3S/c1-21(2,3)23-20(24)18(22-15-14-16-10-6-4-7-11-16)19(27(23,25)26)17-12-8-5-9-13-17/h4-13,22H,14-15H2,1-3H3. The maximum absolute atomic E-state index is 13.2. The van der Waals surface area contributed by atoms with Crippen molar-refractivity contribution in [3.8, 4) is 0 Å².